The highest BCUT2D eigenvalue weighted by Gasteiger charge is 2.48. The van der Waals surface area contributed by atoms with E-state index in [4.69, 9.17) is 4.74 Å². The highest BCUT2D eigenvalue weighted by Crippen LogP contribution is 2.35. The largest absolute Gasteiger partial charge is 0.497 e. The summed E-state index contributed by atoms with van der Waals surface area (Å²) in [5.74, 6) is -0.366. The molecule has 3 heterocycles. The van der Waals surface area contributed by atoms with Crippen LogP contribution >= 0.6 is 11.3 Å². The summed E-state index contributed by atoms with van der Waals surface area (Å²) in [5.41, 5.74) is 1.15. The van der Waals surface area contributed by atoms with Crippen molar-refractivity contribution in [2.75, 3.05) is 12.0 Å². The van der Waals surface area contributed by atoms with Crippen molar-refractivity contribution >= 4 is 28.8 Å². The Balaban J connectivity index is 1.52. The zero-order valence-electron chi connectivity index (χ0n) is 19.2. The molecular weight excluding hydrogens is 467 g/mol. The number of carbonyl (C=O) groups excluding carboxylic acids is 2. The number of rotatable bonds is 6. The lowest BCUT2D eigenvalue weighted by Gasteiger charge is -2.43. The van der Waals surface area contributed by atoms with Crippen LogP contribution in [-0.2, 0) is 17.9 Å². The third-order valence-corrected chi connectivity index (χ3v) is 7.01. The van der Waals surface area contributed by atoms with Crippen LogP contribution in [0, 0.1) is 5.82 Å². The van der Waals surface area contributed by atoms with E-state index in [0.29, 0.717) is 22.8 Å². The fourth-order valence-corrected chi connectivity index (χ4v) is 4.92. The van der Waals surface area contributed by atoms with E-state index in [2.05, 4.69) is 10.4 Å². The van der Waals surface area contributed by atoms with Crippen LogP contribution in [0.5, 0.6) is 5.75 Å². The molecule has 4 aromatic rings. The maximum Gasteiger partial charge on any atom is 0.277 e. The number of amides is 2. The minimum Gasteiger partial charge on any atom is -0.497 e. The second kappa shape index (κ2) is 8.99. The summed E-state index contributed by atoms with van der Waals surface area (Å²) in [6.07, 6.45) is 0. The van der Waals surface area contributed by atoms with Gasteiger partial charge in [-0.05, 0) is 66.4 Å². The van der Waals surface area contributed by atoms with E-state index >= 15 is 0 Å². The molecule has 35 heavy (non-hydrogen) atoms. The average molecular weight is 491 g/mol. The molecule has 1 atom stereocenters. The summed E-state index contributed by atoms with van der Waals surface area (Å²) in [4.78, 5) is 29.9. The summed E-state index contributed by atoms with van der Waals surface area (Å²) in [6, 6.07) is 18.6. The molecule has 178 valence electrons. The van der Waals surface area contributed by atoms with Crippen LogP contribution in [0.2, 0.25) is 0 Å². The van der Waals surface area contributed by atoms with E-state index in [1.807, 2.05) is 17.5 Å². The lowest BCUT2D eigenvalue weighted by Crippen LogP contribution is -2.64. The SMILES string of the molecule is COc1ccc(N2C(=O)c3cc(-c4cccs4)nn3CC2(C)C(=O)NCc2ccc(F)cc2)cc1. The van der Waals surface area contributed by atoms with Crippen LogP contribution in [0.25, 0.3) is 10.6 Å². The van der Waals surface area contributed by atoms with E-state index in [-0.39, 0.29) is 30.7 Å². The zero-order chi connectivity index (χ0) is 24.6. The molecule has 2 aromatic carbocycles. The Morgan fingerprint density at radius 2 is 1.91 bits per heavy atom. The lowest BCUT2D eigenvalue weighted by atomic mass is 9.93. The molecule has 9 heteroatoms. The number of carbonyl (C=O) groups is 2. The minimum absolute atomic E-state index is 0.167. The standard InChI is InChI=1S/C26H23FN4O3S/c1-26(25(33)28-15-17-5-7-18(27)8-6-17)16-30-22(14-21(29-30)23-4-3-13-35-23)24(32)31(26)19-9-11-20(34-2)12-10-19/h3-14H,15-16H2,1-2H3,(H,28,33). The van der Waals surface area contributed by atoms with Crippen LogP contribution < -0.4 is 15.0 Å². The van der Waals surface area contributed by atoms with Gasteiger partial charge in [0, 0.05) is 12.2 Å². The number of hydrogen-bond donors (Lipinski definition) is 1. The molecule has 0 radical (unpaired) electrons. The summed E-state index contributed by atoms with van der Waals surface area (Å²) < 4.78 is 20.1. The van der Waals surface area contributed by atoms with Crippen LogP contribution in [0.1, 0.15) is 23.0 Å². The molecule has 2 amide bonds. The number of anilines is 1. The first-order chi connectivity index (χ1) is 16.9. The topological polar surface area (TPSA) is 76.5 Å². The van der Waals surface area contributed by atoms with Gasteiger partial charge in [0.2, 0.25) is 5.91 Å². The summed E-state index contributed by atoms with van der Waals surface area (Å²) in [5, 5.41) is 9.51. The van der Waals surface area contributed by atoms with Crippen molar-refractivity contribution in [3.63, 3.8) is 0 Å². The fraction of sp³-hybridized carbons (Fsp3) is 0.192. The van der Waals surface area contributed by atoms with Gasteiger partial charge in [0.25, 0.3) is 5.91 Å². The Bertz CT molecular complexity index is 1370. The van der Waals surface area contributed by atoms with E-state index in [1.165, 1.54) is 28.4 Å². The van der Waals surface area contributed by atoms with Gasteiger partial charge < -0.3 is 10.1 Å². The third kappa shape index (κ3) is 4.19. The molecule has 1 aliphatic heterocycles. The van der Waals surface area contributed by atoms with Crippen molar-refractivity contribution in [2.24, 2.45) is 0 Å². The first-order valence-corrected chi connectivity index (χ1v) is 11.9. The van der Waals surface area contributed by atoms with Crippen LogP contribution in [0.4, 0.5) is 10.1 Å². The Morgan fingerprint density at radius 1 is 1.17 bits per heavy atom. The number of methoxy groups -OCH3 is 1. The normalized spacial score (nSPS) is 17.2. The van der Waals surface area contributed by atoms with Crippen LogP contribution in [0.3, 0.4) is 0 Å². The molecule has 1 aliphatic rings. The van der Waals surface area contributed by atoms with Crippen molar-refractivity contribution < 1.29 is 18.7 Å². The number of thiophene rings is 1. The van der Waals surface area contributed by atoms with Gasteiger partial charge in [-0.15, -0.1) is 11.3 Å². The monoisotopic (exact) mass is 490 g/mol. The Labute approximate surface area is 205 Å². The molecule has 0 saturated heterocycles. The number of fused-ring (bicyclic) bond motifs is 1. The second-order valence-corrected chi connectivity index (χ2v) is 9.42. The Morgan fingerprint density at radius 3 is 2.57 bits per heavy atom. The van der Waals surface area contributed by atoms with E-state index < -0.39 is 5.54 Å². The molecule has 7 nitrogen and oxygen atoms in total. The molecule has 1 unspecified atom stereocenters. The summed E-state index contributed by atoms with van der Waals surface area (Å²) in [7, 11) is 1.57. The van der Waals surface area contributed by atoms with E-state index in [0.717, 1.165) is 10.4 Å². The Kier molecular flexibility index (Phi) is 5.86. The van der Waals surface area contributed by atoms with Gasteiger partial charge in [-0.1, -0.05) is 18.2 Å². The highest BCUT2D eigenvalue weighted by molar-refractivity contribution is 7.13. The molecule has 0 aliphatic carbocycles. The molecule has 5 rings (SSSR count). The number of halogens is 1. The molecular formula is C26H23FN4O3S. The Hall–Kier alpha value is -3.98. The molecule has 1 N–H and O–H groups in total. The van der Waals surface area contributed by atoms with Gasteiger partial charge in [-0.25, -0.2) is 4.39 Å². The van der Waals surface area contributed by atoms with Gasteiger partial charge in [0.1, 0.15) is 28.5 Å². The minimum atomic E-state index is -1.27. The first kappa shape index (κ1) is 22.8. The number of nitrogens with zero attached hydrogens (tertiary/aromatic N) is 3. The van der Waals surface area contributed by atoms with Crippen molar-refractivity contribution in [1.29, 1.82) is 0 Å². The second-order valence-electron chi connectivity index (χ2n) is 8.47. The van der Waals surface area contributed by atoms with E-state index in [1.54, 1.807) is 61.2 Å². The smallest absolute Gasteiger partial charge is 0.277 e. The third-order valence-electron chi connectivity index (χ3n) is 6.11. The van der Waals surface area contributed by atoms with Crippen LogP contribution in [-0.4, -0.2) is 34.2 Å². The zero-order valence-corrected chi connectivity index (χ0v) is 20.0. The van der Waals surface area contributed by atoms with Gasteiger partial charge in [-0.3, -0.25) is 19.2 Å². The molecule has 0 saturated carbocycles. The van der Waals surface area contributed by atoms with Gasteiger partial charge in [0.15, 0.2) is 0 Å². The quantitative estimate of drug-likeness (QED) is 0.432. The summed E-state index contributed by atoms with van der Waals surface area (Å²) in [6.45, 7) is 2.09. The maximum absolute atomic E-state index is 13.8. The fourth-order valence-electron chi connectivity index (χ4n) is 4.24. The van der Waals surface area contributed by atoms with E-state index in [9.17, 15) is 14.0 Å². The number of ether oxygens (including phenoxy) is 1. The first-order valence-electron chi connectivity index (χ1n) is 11.0. The number of nitrogens with one attached hydrogen (secondary N) is 1. The van der Waals surface area contributed by atoms with Gasteiger partial charge in [0.05, 0.1) is 18.5 Å². The van der Waals surface area contributed by atoms with Crippen LogP contribution in [0.15, 0.2) is 72.1 Å². The molecule has 2 aromatic heterocycles. The van der Waals surface area contributed by atoms with Gasteiger partial charge >= 0.3 is 0 Å². The molecule has 0 bridgehead atoms. The molecule has 0 fully saturated rings. The predicted molar refractivity (Wildman–Crippen MR) is 132 cm³/mol. The van der Waals surface area contributed by atoms with Crippen molar-refractivity contribution in [3.05, 3.63) is 89.2 Å². The average Bonchev–Trinajstić information content (AvgIpc) is 3.54. The number of aromatic nitrogens is 2. The van der Waals surface area contributed by atoms with Crippen molar-refractivity contribution in [2.45, 2.75) is 25.6 Å². The van der Waals surface area contributed by atoms with Crippen molar-refractivity contribution in [3.8, 4) is 16.3 Å². The van der Waals surface area contributed by atoms with Gasteiger partial charge in [-0.2, -0.15) is 5.10 Å². The molecule has 0 spiro atoms. The maximum atomic E-state index is 13.8. The number of benzene rings is 2. The summed E-state index contributed by atoms with van der Waals surface area (Å²) >= 11 is 1.53. The highest BCUT2D eigenvalue weighted by atomic mass is 32.1. The van der Waals surface area contributed by atoms with Crippen molar-refractivity contribution in [1.82, 2.24) is 15.1 Å². The number of hydrogen-bond acceptors (Lipinski definition) is 5. The lowest BCUT2D eigenvalue weighted by molar-refractivity contribution is -0.126. The predicted octanol–water partition coefficient (Wildman–Crippen LogP) is 4.49.